The van der Waals surface area contributed by atoms with Crippen molar-refractivity contribution in [3.8, 4) is 0 Å². The molecule has 84 valence electrons. The maximum Gasteiger partial charge on any atom is 0.0444 e. The molecule has 0 saturated carbocycles. The van der Waals surface area contributed by atoms with Gasteiger partial charge in [-0.25, -0.2) is 0 Å². The van der Waals surface area contributed by atoms with E-state index in [0.717, 1.165) is 6.54 Å². The van der Waals surface area contributed by atoms with Crippen molar-refractivity contribution in [3.05, 3.63) is 48.0 Å². The molecule has 2 nitrogen and oxygen atoms in total. The molecule has 2 heteroatoms. The molecule has 16 heavy (non-hydrogen) atoms. The van der Waals surface area contributed by atoms with Gasteiger partial charge in [0.25, 0.3) is 0 Å². The van der Waals surface area contributed by atoms with Crippen LogP contribution in [0.15, 0.2) is 42.5 Å². The van der Waals surface area contributed by atoms with E-state index in [1.54, 1.807) is 0 Å². The number of fused-ring (bicyclic) bond motifs is 1. The average Bonchev–Trinajstić information content (AvgIpc) is 2.35. The minimum absolute atomic E-state index is 0.259. The summed E-state index contributed by atoms with van der Waals surface area (Å²) in [5.41, 5.74) is 7.04. The third-order valence-corrected chi connectivity index (χ3v) is 2.86. The third kappa shape index (κ3) is 2.23. The first-order chi connectivity index (χ1) is 7.85. The molecule has 0 saturated heterocycles. The maximum absolute atomic E-state index is 5.77. The van der Waals surface area contributed by atoms with Gasteiger partial charge < -0.3 is 11.1 Å². The monoisotopic (exact) mass is 214 g/mol. The average molecular weight is 214 g/mol. The number of benzene rings is 2. The second-order valence-corrected chi connectivity index (χ2v) is 3.95. The van der Waals surface area contributed by atoms with E-state index in [4.69, 9.17) is 5.73 Å². The highest BCUT2D eigenvalue weighted by molar-refractivity contribution is 5.83. The van der Waals surface area contributed by atoms with Gasteiger partial charge in [0.05, 0.1) is 0 Å². The van der Waals surface area contributed by atoms with E-state index in [9.17, 15) is 0 Å². The lowest BCUT2D eigenvalue weighted by molar-refractivity contribution is 0.562. The van der Waals surface area contributed by atoms with Crippen LogP contribution in [0, 0.1) is 0 Å². The predicted octanol–water partition coefficient (Wildman–Crippen LogP) is 2.45. The van der Waals surface area contributed by atoms with Crippen LogP contribution in [0.2, 0.25) is 0 Å². The van der Waals surface area contributed by atoms with Crippen molar-refractivity contribution in [2.45, 2.75) is 13.0 Å². The van der Waals surface area contributed by atoms with Crippen molar-refractivity contribution in [3.63, 3.8) is 0 Å². The fraction of sp³-hybridized carbons (Fsp3) is 0.286. The van der Waals surface area contributed by atoms with Crippen LogP contribution in [0.25, 0.3) is 10.8 Å². The van der Waals surface area contributed by atoms with Crippen LogP contribution >= 0.6 is 0 Å². The van der Waals surface area contributed by atoms with Crippen LogP contribution in [0.3, 0.4) is 0 Å². The second kappa shape index (κ2) is 5.10. The topological polar surface area (TPSA) is 38.0 Å². The Morgan fingerprint density at radius 1 is 1.12 bits per heavy atom. The van der Waals surface area contributed by atoms with Gasteiger partial charge in [0.2, 0.25) is 0 Å². The molecule has 0 fully saturated rings. The lowest BCUT2D eigenvalue weighted by Crippen LogP contribution is -2.27. The zero-order valence-electron chi connectivity index (χ0n) is 9.61. The molecule has 0 heterocycles. The number of nitrogens with one attached hydrogen (secondary N) is 1. The molecule has 3 N–H and O–H groups in total. The lowest BCUT2D eigenvalue weighted by Gasteiger charge is -2.16. The van der Waals surface area contributed by atoms with Gasteiger partial charge in [-0.1, -0.05) is 43.3 Å². The van der Waals surface area contributed by atoms with Crippen LogP contribution in [-0.2, 0) is 0 Å². The highest BCUT2D eigenvalue weighted by Gasteiger charge is 2.07. The summed E-state index contributed by atoms with van der Waals surface area (Å²) in [6, 6.07) is 15.2. The van der Waals surface area contributed by atoms with E-state index < -0.39 is 0 Å². The van der Waals surface area contributed by atoms with E-state index in [1.165, 1.54) is 16.3 Å². The molecular formula is C14H18N2. The lowest BCUT2D eigenvalue weighted by atomic mass is 10.0. The summed E-state index contributed by atoms with van der Waals surface area (Å²) in [5, 5.41) is 5.94. The van der Waals surface area contributed by atoms with E-state index in [0.29, 0.717) is 6.54 Å². The van der Waals surface area contributed by atoms with Gasteiger partial charge in [-0.3, -0.25) is 0 Å². The summed E-state index contributed by atoms with van der Waals surface area (Å²) in [4.78, 5) is 0. The van der Waals surface area contributed by atoms with Gasteiger partial charge in [-0.2, -0.15) is 0 Å². The fourth-order valence-corrected chi connectivity index (χ4v) is 2.01. The molecule has 0 aliphatic carbocycles. The molecular weight excluding hydrogens is 196 g/mol. The first-order valence-corrected chi connectivity index (χ1v) is 5.77. The first kappa shape index (κ1) is 11.1. The molecule has 0 aliphatic rings. The van der Waals surface area contributed by atoms with E-state index >= 15 is 0 Å². The van der Waals surface area contributed by atoms with Gasteiger partial charge in [0, 0.05) is 12.6 Å². The summed E-state index contributed by atoms with van der Waals surface area (Å²) >= 11 is 0. The predicted molar refractivity (Wildman–Crippen MR) is 69.4 cm³/mol. The normalized spacial score (nSPS) is 12.9. The number of hydrogen-bond donors (Lipinski definition) is 2. The van der Waals surface area contributed by atoms with Crippen LogP contribution in [0.4, 0.5) is 0 Å². The van der Waals surface area contributed by atoms with Crippen molar-refractivity contribution in [2.24, 2.45) is 5.73 Å². The summed E-state index contributed by atoms with van der Waals surface area (Å²) in [6.45, 7) is 3.67. The maximum atomic E-state index is 5.77. The Bertz CT molecular complexity index is 465. The van der Waals surface area contributed by atoms with Crippen molar-refractivity contribution < 1.29 is 0 Å². The second-order valence-electron chi connectivity index (χ2n) is 3.95. The largest absolute Gasteiger partial charge is 0.329 e. The van der Waals surface area contributed by atoms with E-state index in [-0.39, 0.29) is 6.04 Å². The third-order valence-electron chi connectivity index (χ3n) is 2.86. The first-order valence-electron chi connectivity index (χ1n) is 5.77. The molecule has 2 aromatic carbocycles. The van der Waals surface area contributed by atoms with Gasteiger partial charge in [0.15, 0.2) is 0 Å². The molecule has 0 radical (unpaired) electrons. The molecule has 1 unspecified atom stereocenters. The summed E-state index contributed by atoms with van der Waals surface area (Å²) in [6.07, 6.45) is 0. The Labute approximate surface area is 96.5 Å². The summed E-state index contributed by atoms with van der Waals surface area (Å²) in [7, 11) is 0. The van der Waals surface area contributed by atoms with Crippen LogP contribution in [0.5, 0.6) is 0 Å². The molecule has 0 bridgehead atoms. The van der Waals surface area contributed by atoms with Crippen molar-refractivity contribution in [2.75, 3.05) is 13.1 Å². The molecule has 0 spiro atoms. The molecule has 0 aromatic heterocycles. The number of hydrogen-bond acceptors (Lipinski definition) is 2. The number of rotatable bonds is 4. The van der Waals surface area contributed by atoms with Crippen molar-refractivity contribution >= 4 is 10.8 Å². The quantitative estimate of drug-likeness (QED) is 0.820. The minimum Gasteiger partial charge on any atom is -0.329 e. The smallest absolute Gasteiger partial charge is 0.0444 e. The Kier molecular flexibility index (Phi) is 3.54. The summed E-state index contributed by atoms with van der Waals surface area (Å²) < 4.78 is 0. The van der Waals surface area contributed by atoms with Crippen LogP contribution in [-0.4, -0.2) is 13.1 Å². The highest BCUT2D eigenvalue weighted by Crippen LogP contribution is 2.19. The Balaban J connectivity index is 2.37. The van der Waals surface area contributed by atoms with Gasteiger partial charge >= 0.3 is 0 Å². The molecule has 2 aromatic rings. The van der Waals surface area contributed by atoms with Gasteiger partial charge in [0.1, 0.15) is 0 Å². The van der Waals surface area contributed by atoms with Crippen molar-refractivity contribution in [1.29, 1.82) is 0 Å². The van der Waals surface area contributed by atoms with E-state index in [1.807, 2.05) is 0 Å². The molecule has 0 amide bonds. The SMILES string of the molecule is CCNC(CN)c1ccc2ccccc2c1. The summed E-state index contributed by atoms with van der Waals surface area (Å²) in [5.74, 6) is 0. The highest BCUT2D eigenvalue weighted by atomic mass is 14.9. The standard InChI is InChI=1S/C14H18N2/c1-2-16-14(10-15)13-8-7-11-5-3-4-6-12(11)9-13/h3-9,14,16H,2,10,15H2,1H3. The molecule has 2 rings (SSSR count). The van der Waals surface area contributed by atoms with Gasteiger partial charge in [-0.05, 0) is 28.9 Å². The van der Waals surface area contributed by atoms with Crippen molar-refractivity contribution in [1.82, 2.24) is 5.32 Å². The van der Waals surface area contributed by atoms with Gasteiger partial charge in [-0.15, -0.1) is 0 Å². The molecule has 0 aliphatic heterocycles. The Hall–Kier alpha value is -1.38. The zero-order chi connectivity index (χ0) is 11.4. The van der Waals surface area contributed by atoms with Crippen LogP contribution in [0.1, 0.15) is 18.5 Å². The zero-order valence-corrected chi connectivity index (χ0v) is 9.61. The number of likely N-dealkylation sites (N-methyl/N-ethyl adjacent to an activating group) is 1. The Morgan fingerprint density at radius 3 is 2.56 bits per heavy atom. The minimum atomic E-state index is 0.259. The van der Waals surface area contributed by atoms with Crippen LogP contribution < -0.4 is 11.1 Å². The molecule has 1 atom stereocenters. The van der Waals surface area contributed by atoms with E-state index in [2.05, 4.69) is 54.7 Å². The Morgan fingerprint density at radius 2 is 1.88 bits per heavy atom. The fourth-order valence-electron chi connectivity index (χ4n) is 2.01. The number of nitrogens with two attached hydrogens (primary N) is 1.